The van der Waals surface area contributed by atoms with Gasteiger partial charge in [0.15, 0.2) is 5.88 Å². The van der Waals surface area contributed by atoms with Gasteiger partial charge in [-0.3, -0.25) is 4.99 Å². The van der Waals surface area contributed by atoms with Crippen LogP contribution < -0.4 is 0 Å². The summed E-state index contributed by atoms with van der Waals surface area (Å²) in [6, 6.07) is 13.5. The number of aromatic nitrogens is 1. The van der Waals surface area contributed by atoms with Gasteiger partial charge in [-0.25, -0.2) is 0 Å². The Kier molecular flexibility index (Phi) is 3.63. The number of H-pyrrole nitrogens is 1. The Bertz CT molecular complexity index is 791. The first kappa shape index (κ1) is 13.4. The number of aromatic hydroxyl groups is 1. The SMILES string of the molecule is Oc1[nH]c2ccc(Br)cc2c1C=Nc1ccc(Br)cc1. The lowest BCUT2D eigenvalue weighted by atomic mass is 10.2. The Labute approximate surface area is 132 Å². The van der Waals surface area contributed by atoms with E-state index in [1.54, 1.807) is 6.21 Å². The molecule has 0 bridgehead atoms. The van der Waals surface area contributed by atoms with Crippen LogP contribution in [-0.4, -0.2) is 16.3 Å². The maximum Gasteiger partial charge on any atom is 0.198 e. The quantitative estimate of drug-likeness (QED) is 0.581. The first-order valence-electron chi connectivity index (χ1n) is 5.93. The molecule has 0 amide bonds. The molecule has 0 aliphatic carbocycles. The monoisotopic (exact) mass is 392 g/mol. The van der Waals surface area contributed by atoms with E-state index >= 15 is 0 Å². The molecule has 3 rings (SSSR count). The van der Waals surface area contributed by atoms with E-state index in [0.717, 1.165) is 25.5 Å². The minimum absolute atomic E-state index is 0.124. The third kappa shape index (κ3) is 2.64. The second-order valence-electron chi connectivity index (χ2n) is 4.31. The van der Waals surface area contributed by atoms with Gasteiger partial charge in [0.1, 0.15) is 0 Å². The second kappa shape index (κ2) is 5.42. The number of benzene rings is 2. The predicted molar refractivity (Wildman–Crippen MR) is 89.1 cm³/mol. The minimum Gasteiger partial charge on any atom is -0.494 e. The van der Waals surface area contributed by atoms with E-state index in [2.05, 4.69) is 41.8 Å². The summed E-state index contributed by atoms with van der Waals surface area (Å²) in [7, 11) is 0. The van der Waals surface area contributed by atoms with Gasteiger partial charge in [0, 0.05) is 26.1 Å². The molecule has 0 saturated heterocycles. The maximum absolute atomic E-state index is 9.98. The van der Waals surface area contributed by atoms with E-state index in [9.17, 15) is 5.11 Å². The van der Waals surface area contributed by atoms with Gasteiger partial charge in [0.05, 0.1) is 11.3 Å². The van der Waals surface area contributed by atoms with Crippen LogP contribution in [0.5, 0.6) is 5.88 Å². The van der Waals surface area contributed by atoms with Gasteiger partial charge < -0.3 is 10.1 Å². The zero-order chi connectivity index (χ0) is 14.1. The molecular formula is C15H10Br2N2O. The zero-order valence-corrected chi connectivity index (χ0v) is 13.4. The molecule has 1 heterocycles. The molecule has 3 aromatic rings. The number of hydrogen-bond acceptors (Lipinski definition) is 2. The van der Waals surface area contributed by atoms with Crippen molar-refractivity contribution in [1.82, 2.24) is 4.98 Å². The number of nitrogens with zero attached hydrogens (tertiary/aromatic N) is 1. The van der Waals surface area contributed by atoms with E-state index in [4.69, 9.17) is 0 Å². The van der Waals surface area contributed by atoms with Crippen molar-refractivity contribution in [2.45, 2.75) is 0 Å². The van der Waals surface area contributed by atoms with Crippen LogP contribution in [0.4, 0.5) is 5.69 Å². The van der Waals surface area contributed by atoms with Crippen LogP contribution in [0.1, 0.15) is 5.56 Å². The Morgan fingerprint density at radius 2 is 1.70 bits per heavy atom. The number of aromatic amines is 1. The van der Waals surface area contributed by atoms with Gasteiger partial charge >= 0.3 is 0 Å². The van der Waals surface area contributed by atoms with Gasteiger partial charge in [-0.2, -0.15) is 0 Å². The molecule has 0 aliphatic heterocycles. The summed E-state index contributed by atoms with van der Waals surface area (Å²) in [5, 5.41) is 10.9. The predicted octanol–water partition coefficient (Wildman–Crippen LogP) is 5.15. The lowest BCUT2D eigenvalue weighted by Gasteiger charge is -1.95. The molecule has 0 spiro atoms. The number of aliphatic imine (C=N–C) groups is 1. The Morgan fingerprint density at radius 1 is 1.00 bits per heavy atom. The molecule has 1 aromatic heterocycles. The summed E-state index contributed by atoms with van der Waals surface area (Å²) in [6.07, 6.45) is 1.67. The molecule has 5 heteroatoms. The van der Waals surface area contributed by atoms with Crippen molar-refractivity contribution >= 4 is 54.7 Å². The largest absolute Gasteiger partial charge is 0.494 e. The van der Waals surface area contributed by atoms with Gasteiger partial charge in [0.2, 0.25) is 0 Å². The summed E-state index contributed by atoms with van der Waals surface area (Å²) in [5.41, 5.74) is 2.39. The molecule has 20 heavy (non-hydrogen) atoms. The highest BCUT2D eigenvalue weighted by molar-refractivity contribution is 9.10. The standard InChI is InChI=1S/C15H10Br2N2O/c16-9-1-4-11(5-2-9)18-8-13-12-7-10(17)3-6-14(12)19-15(13)20/h1-8,19-20H. The Balaban J connectivity index is 2.03. The van der Waals surface area contributed by atoms with Crippen molar-refractivity contribution in [2.24, 2.45) is 4.99 Å². The van der Waals surface area contributed by atoms with E-state index in [-0.39, 0.29) is 5.88 Å². The summed E-state index contributed by atoms with van der Waals surface area (Å²) >= 11 is 6.82. The summed E-state index contributed by atoms with van der Waals surface area (Å²) in [4.78, 5) is 7.32. The van der Waals surface area contributed by atoms with E-state index < -0.39 is 0 Å². The van der Waals surface area contributed by atoms with Crippen LogP contribution in [0.25, 0.3) is 10.9 Å². The molecule has 0 aliphatic rings. The summed E-state index contributed by atoms with van der Waals surface area (Å²) in [6.45, 7) is 0. The number of rotatable bonds is 2. The molecule has 0 fully saturated rings. The van der Waals surface area contributed by atoms with Crippen LogP contribution >= 0.6 is 31.9 Å². The molecule has 0 saturated carbocycles. The van der Waals surface area contributed by atoms with Crippen LogP contribution in [0.2, 0.25) is 0 Å². The van der Waals surface area contributed by atoms with Crippen molar-refractivity contribution in [1.29, 1.82) is 0 Å². The van der Waals surface area contributed by atoms with E-state index in [1.165, 1.54) is 0 Å². The molecule has 100 valence electrons. The average Bonchev–Trinajstić information content (AvgIpc) is 2.73. The normalized spacial score (nSPS) is 11.5. The topological polar surface area (TPSA) is 48.4 Å². The number of halogens is 2. The van der Waals surface area contributed by atoms with E-state index in [0.29, 0.717) is 5.56 Å². The lowest BCUT2D eigenvalue weighted by Crippen LogP contribution is -1.79. The number of hydrogen-bond donors (Lipinski definition) is 2. The van der Waals surface area contributed by atoms with Gasteiger partial charge in [-0.15, -0.1) is 0 Å². The van der Waals surface area contributed by atoms with Crippen LogP contribution in [0.15, 0.2) is 56.4 Å². The molecular weight excluding hydrogens is 384 g/mol. The first-order valence-corrected chi connectivity index (χ1v) is 7.52. The van der Waals surface area contributed by atoms with Gasteiger partial charge in [-0.1, -0.05) is 31.9 Å². The Hall–Kier alpha value is -1.59. The van der Waals surface area contributed by atoms with Crippen molar-refractivity contribution in [3.8, 4) is 5.88 Å². The van der Waals surface area contributed by atoms with E-state index in [1.807, 2.05) is 42.5 Å². The van der Waals surface area contributed by atoms with Gasteiger partial charge in [-0.05, 0) is 42.5 Å². The number of nitrogens with one attached hydrogen (secondary N) is 1. The third-order valence-electron chi connectivity index (χ3n) is 2.95. The van der Waals surface area contributed by atoms with Crippen molar-refractivity contribution in [3.05, 3.63) is 57.0 Å². The summed E-state index contributed by atoms with van der Waals surface area (Å²) in [5.74, 6) is 0.124. The fraction of sp³-hybridized carbons (Fsp3) is 0. The van der Waals surface area contributed by atoms with Crippen LogP contribution in [0, 0.1) is 0 Å². The van der Waals surface area contributed by atoms with Crippen LogP contribution in [-0.2, 0) is 0 Å². The second-order valence-corrected chi connectivity index (χ2v) is 6.14. The lowest BCUT2D eigenvalue weighted by molar-refractivity contribution is 0.457. The highest BCUT2D eigenvalue weighted by atomic mass is 79.9. The molecule has 2 N–H and O–H groups in total. The number of fused-ring (bicyclic) bond motifs is 1. The maximum atomic E-state index is 9.98. The fourth-order valence-electron chi connectivity index (χ4n) is 1.97. The van der Waals surface area contributed by atoms with Crippen molar-refractivity contribution in [3.63, 3.8) is 0 Å². The smallest absolute Gasteiger partial charge is 0.198 e. The first-order chi connectivity index (χ1) is 9.63. The minimum atomic E-state index is 0.124. The van der Waals surface area contributed by atoms with Crippen molar-refractivity contribution < 1.29 is 5.11 Å². The molecule has 0 radical (unpaired) electrons. The van der Waals surface area contributed by atoms with Crippen molar-refractivity contribution in [2.75, 3.05) is 0 Å². The molecule has 0 unspecified atom stereocenters. The highest BCUT2D eigenvalue weighted by Crippen LogP contribution is 2.28. The highest BCUT2D eigenvalue weighted by Gasteiger charge is 2.08. The zero-order valence-electron chi connectivity index (χ0n) is 10.3. The Morgan fingerprint density at radius 3 is 2.45 bits per heavy atom. The average molecular weight is 394 g/mol. The fourth-order valence-corrected chi connectivity index (χ4v) is 2.59. The molecule has 0 atom stereocenters. The third-order valence-corrected chi connectivity index (χ3v) is 3.97. The van der Waals surface area contributed by atoms with Gasteiger partial charge in [0.25, 0.3) is 0 Å². The molecule has 2 aromatic carbocycles. The molecule has 3 nitrogen and oxygen atoms in total. The summed E-state index contributed by atoms with van der Waals surface area (Å²) < 4.78 is 1.97. The van der Waals surface area contributed by atoms with Crippen LogP contribution in [0.3, 0.4) is 0 Å².